The molecular weight excluding hydrogens is 416 g/mol. The lowest BCUT2D eigenvalue weighted by Gasteiger charge is -2.34. The first-order valence-corrected chi connectivity index (χ1v) is 11.8. The second-order valence-corrected chi connectivity index (χ2v) is 9.69. The Kier molecular flexibility index (Phi) is 4.91. The minimum atomic E-state index is -2.70. The number of ether oxygens (including phenoxy) is 1. The Labute approximate surface area is 179 Å². The van der Waals surface area contributed by atoms with Crippen LogP contribution in [0.4, 0.5) is 11.5 Å². The minimum Gasteiger partial charge on any atom is -0.377 e. The van der Waals surface area contributed by atoms with Gasteiger partial charge in [0, 0.05) is 37.3 Å². The lowest BCUT2D eigenvalue weighted by atomic mass is 10.2. The molecule has 1 saturated heterocycles. The van der Waals surface area contributed by atoms with Crippen molar-refractivity contribution >= 4 is 32.3 Å². The molecule has 0 spiro atoms. The molecule has 0 aromatic carbocycles. The van der Waals surface area contributed by atoms with Crippen LogP contribution in [-0.2, 0) is 14.5 Å². The topological polar surface area (TPSA) is 114 Å². The maximum Gasteiger partial charge on any atom is 0.169 e. The fourth-order valence-electron chi connectivity index (χ4n) is 3.64. The minimum absolute atomic E-state index is 0.154. The van der Waals surface area contributed by atoms with Crippen molar-refractivity contribution in [1.82, 2.24) is 29.9 Å². The molecule has 0 aliphatic carbocycles. The molecule has 31 heavy (non-hydrogen) atoms. The zero-order chi connectivity index (χ0) is 21.4. The van der Waals surface area contributed by atoms with E-state index >= 15 is 0 Å². The maximum absolute atomic E-state index is 13.5. The van der Waals surface area contributed by atoms with Gasteiger partial charge in [-0.2, -0.15) is 19.2 Å². The van der Waals surface area contributed by atoms with E-state index in [9.17, 15) is 4.21 Å². The maximum atomic E-state index is 13.5. The molecule has 0 amide bonds. The number of aromatic nitrogens is 6. The van der Waals surface area contributed by atoms with E-state index in [0.29, 0.717) is 47.2 Å². The second-order valence-electron chi connectivity index (χ2n) is 7.43. The van der Waals surface area contributed by atoms with Crippen LogP contribution in [0.3, 0.4) is 0 Å². The summed E-state index contributed by atoms with van der Waals surface area (Å²) in [4.78, 5) is 11.7. The third kappa shape index (κ3) is 3.66. The van der Waals surface area contributed by atoms with Crippen LogP contribution < -0.4 is 4.90 Å². The van der Waals surface area contributed by atoms with E-state index in [0.717, 1.165) is 5.82 Å². The smallest absolute Gasteiger partial charge is 0.169 e. The average Bonchev–Trinajstić information content (AvgIpc) is 3.44. The Morgan fingerprint density at radius 1 is 1.26 bits per heavy atom. The van der Waals surface area contributed by atoms with E-state index in [4.69, 9.17) is 9.72 Å². The third-order valence-corrected chi connectivity index (χ3v) is 6.93. The first kappa shape index (κ1) is 19.6. The van der Waals surface area contributed by atoms with Crippen LogP contribution in [0.1, 0.15) is 6.92 Å². The molecule has 160 valence electrons. The van der Waals surface area contributed by atoms with E-state index in [2.05, 4.69) is 36.5 Å². The fraction of sp³-hybridized carbons (Fsp3) is 0.300. The zero-order valence-corrected chi connectivity index (χ0v) is 18.0. The molecule has 1 N–H and O–H groups in total. The van der Waals surface area contributed by atoms with Gasteiger partial charge >= 0.3 is 0 Å². The quantitative estimate of drug-likeness (QED) is 0.521. The molecular formula is C20H22N8O2S. The van der Waals surface area contributed by atoms with E-state index < -0.39 is 9.73 Å². The van der Waals surface area contributed by atoms with Crippen molar-refractivity contribution in [1.29, 1.82) is 0 Å². The molecule has 11 heteroatoms. The van der Waals surface area contributed by atoms with Crippen molar-refractivity contribution < 1.29 is 8.95 Å². The van der Waals surface area contributed by atoms with Gasteiger partial charge in [0.1, 0.15) is 5.82 Å². The van der Waals surface area contributed by atoms with Crippen molar-refractivity contribution in [3.05, 3.63) is 49.1 Å². The highest BCUT2D eigenvalue weighted by atomic mass is 32.2. The Balaban J connectivity index is 1.73. The van der Waals surface area contributed by atoms with E-state index in [1.165, 1.54) is 0 Å². The van der Waals surface area contributed by atoms with Gasteiger partial charge in [-0.15, -0.1) is 0 Å². The molecule has 1 aliphatic rings. The number of H-pyrrole nitrogens is 1. The molecule has 0 unspecified atom stereocenters. The molecule has 5 heterocycles. The fourth-order valence-corrected chi connectivity index (χ4v) is 4.89. The van der Waals surface area contributed by atoms with E-state index in [-0.39, 0.29) is 6.04 Å². The Morgan fingerprint density at radius 3 is 2.84 bits per heavy atom. The monoisotopic (exact) mass is 438 g/mol. The van der Waals surface area contributed by atoms with Crippen molar-refractivity contribution in [3.8, 4) is 5.82 Å². The molecule has 2 atom stereocenters. The van der Waals surface area contributed by atoms with Gasteiger partial charge in [-0.1, -0.05) is 0 Å². The van der Waals surface area contributed by atoms with Crippen LogP contribution in [0, 0.1) is 0 Å². The summed E-state index contributed by atoms with van der Waals surface area (Å²) in [5.74, 6) is 1.43. The van der Waals surface area contributed by atoms with Gasteiger partial charge in [0.2, 0.25) is 0 Å². The number of pyridine rings is 2. The molecule has 4 aromatic rings. The SMILES string of the molecule is C[C@@H]1COCCN1c1cc(N=[S@](C)(=O)c2ccncc2)c2cnn(-c3ccn[nH]3)c2n1. The molecule has 0 bridgehead atoms. The van der Waals surface area contributed by atoms with Gasteiger partial charge in [-0.25, -0.2) is 9.19 Å². The number of anilines is 1. The highest BCUT2D eigenvalue weighted by Crippen LogP contribution is 2.33. The standard InChI is InChI=1S/C20H22N8O2S/c1-14-13-30-10-9-27(14)19-11-17(26-31(2,29)15-3-6-21-7-4-15)16-12-23-28(20(16)24-19)18-5-8-22-25-18/h3-8,11-12,14H,9-10,13H2,1-2H3,(H,22,25)/t14-,31-/m1/s1. The number of nitrogens with zero attached hydrogens (tertiary/aromatic N) is 7. The third-order valence-electron chi connectivity index (χ3n) is 5.24. The number of nitrogens with one attached hydrogen (secondary N) is 1. The van der Waals surface area contributed by atoms with Crippen LogP contribution in [0.25, 0.3) is 16.9 Å². The summed E-state index contributed by atoms with van der Waals surface area (Å²) in [5.41, 5.74) is 1.19. The van der Waals surface area contributed by atoms with Gasteiger partial charge in [0.05, 0.1) is 57.3 Å². The van der Waals surface area contributed by atoms with E-state index in [1.54, 1.807) is 47.9 Å². The zero-order valence-electron chi connectivity index (χ0n) is 17.2. The molecule has 0 saturated carbocycles. The van der Waals surface area contributed by atoms with Crippen LogP contribution in [-0.4, -0.2) is 66.2 Å². The predicted molar refractivity (Wildman–Crippen MR) is 117 cm³/mol. The molecule has 1 aliphatic heterocycles. The second kappa shape index (κ2) is 7.75. The van der Waals surface area contributed by atoms with Crippen LogP contribution in [0.5, 0.6) is 0 Å². The number of morpholine rings is 1. The van der Waals surface area contributed by atoms with Crippen LogP contribution in [0.15, 0.2) is 58.3 Å². The molecule has 1 fully saturated rings. The van der Waals surface area contributed by atoms with Gasteiger partial charge in [-0.05, 0) is 19.1 Å². The summed E-state index contributed by atoms with van der Waals surface area (Å²) in [6.07, 6.45) is 8.21. The molecule has 0 radical (unpaired) electrons. The molecule has 10 nitrogen and oxygen atoms in total. The first-order chi connectivity index (χ1) is 15.0. The summed E-state index contributed by atoms with van der Waals surface area (Å²) < 4.78 is 25.4. The van der Waals surface area contributed by atoms with E-state index in [1.807, 2.05) is 12.1 Å². The van der Waals surface area contributed by atoms with Crippen molar-refractivity contribution in [2.45, 2.75) is 17.9 Å². The van der Waals surface area contributed by atoms with Gasteiger partial charge in [0.15, 0.2) is 11.5 Å². The van der Waals surface area contributed by atoms with Gasteiger partial charge < -0.3 is 9.64 Å². The van der Waals surface area contributed by atoms with Gasteiger partial charge in [0.25, 0.3) is 0 Å². The average molecular weight is 439 g/mol. The van der Waals surface area contributed by atoms with Crippen LogP contribution in [0.2, 0.25) is 0 Å². The Hall–Kier alpha value is -3.31. The highest BCUT2D eigenvalue weighted by molar-refractivity contribution is 7.93. The number of aromatic amines is 1. The Bertz CT molecular complexity index is 1330. The molecule has 5 rings (SSSR count). The number of fused-ring (bicyclic) bond motifs is 1. The lowest BCUT2D eigenvalue weighted by Crippen LogP contribution is -2.44. The molecule has 4 aromatic heterocycles. The largest absolute Gasteiger partial charge is 0.377 e. The number of rotatable bonds is 4. The van der Waals surface area contributed by atoms with Crippen molar-refractivity contribution in [2.24, 2.45) is 4.36 Å². The first-order valence-electron chi connectivity index (χ1n) is 9.88. The normalized spacial score (nSPS) is 18.8. The number of hydrogen-bond acceptors (Lipinski definition) is 8. The lowest BCUT2D eigenvalue weighted by molar-refractivity contribution is 0.0985. The van der Waals surface area contributed by atoms with Crippen molar-refractivity contribution in [3.63, 3.8) is 0 Å². The summed E-state index contributed by atoms with van der Waals surface area (Å²) in [6, 6.07) is 7.30. The van der Waals surface area contributed by atoms with Crippen LogP contribution >= 0.6 is 0 Å². The predicted octanol–water partition coefficient (Wildman–Crippen LogP) is 2.55. The summed E-state index contributed by atoms with van der Waals surface area (Å²) in [7, 11) is -2.70. The number of hydrogen-bond donors (Lipinski definition) is 1. The van der Waals surface area contributed by atoms with Gasteiger partial charge in [-0.3, -0.25) is 10.1 Å². The summed E-state index contributed by atoms with van der Waals surface area (Å²) in [5, 5.41) is 12.1. The summed E-state index contributed by atoms with van der Waals surface area (Å²) >= 11 is 0. The Morgan fingerprint density at radius 2 is 2.10 bits per heavy atom. The summed E-state index contributed by atoms with van der Waals surface area (Å²) in [6.45, 7) is 4.04. The highest BCUT2D eigenvalue weighted by Gasteiger charge is 2.23. The van der Waals surface area contributed by atoms with Crippen molar-refractivity contribution in [2.75, 3.05) is 30.9 Å².